The van der Waals surface area contributed by atoms with Crippen LogP contribution in [0, 0.1) is 5.82 Å². The van der Waals surface area contributed by atoms with Crippen molar-refractivity contribution in [3.8, 4) is 0 Å². The summed E-state index contributed by atoms with van der Waals surface area (Å²) in [6, 6.07) is 6.28. The first kappa shape index (κ1) is 19.0. The Morgan fingerprint density at radius 1 is 1.24 bits per heavy atom. The number of halogens is 1. The number of benzene rings is 1. The predicted molar refractivity (Wildman–Crippen MR) is 94.4 cm³/mol. The van der Waals surface area contributed by atoms with E-state index in [-0.39, 0.29) is 24.0 Å². The Labute approximate surface area is 147 Å². The molecule has 1 saturated carbocycles. The second-order valence-corrected chi connectivity index (χ2v) is 6.22. The smallest absolute Gasteiger partial charge is 0.331 e. The minimum atomic E-state index is -0.458. The molecule has 25 heavy (non-hydrogen) atoms. The second-order valence-electron chi connectivity index (χ2n) is 6.22. The lowest BCUT2D eigenvalue weighted by molar-refractivity contribution is -0.144. The molecule has 0 heterocycles. The van der Waals surface area contributed by atoms with E-state index >= 15 is 0 Å². The maximum absolute atomic E-state index is 13.7. The zero-order valence-electron chi connectivity index (χ0n) is 14.7. The molecule has 0 spiro atoms. The molecule has 0 atom stereocenters. The van der Waals surface area contributed by atoms with Crippen LogP contribution in [0.5, 0.6) is 0 Å². The first-order valence-electron chi connectivity index (χ1n) is 8.67. The highest BCUT2D eigenvalue weighted by Gasteiger charge is 2.24. The van der Waals surface area contributed by atoms with E-state index in [0.717, 1.165) is 12.8 Å². The van der Waals surface area contributed by atoms with Crippen molar-refractivity contribution in [1.29, 1.82) is 0 Å². The number of ether oxygens (including phenoxy) is 1. The maximum Gasteiger partial charge on any atom is 0.331 e. The normalized spacial score (nSPS) is 20.7. The Hall–Kier alpha value is -2.37. The van der Waals surface area contributed by atoms with Crippen LogP contribution in [0.25, 0.3) is 5.57 Å². The fourth-order valence-corrected chi connectivity index (χ4v) is 2.96. The molecule has 0 unspecified atom stereocenters. The van der Waals surface area contributed by atoms with Gasteiger partial charge in [0.15, 0.2) is 0 Å². The zero-order valence-corrected chi connectivity index (χ0v) is 14.7. The van der Waals surface area contributed by atoms with Crippen molar-refractivity contribution >= 4 is 17.6 Å². The number of rotatable bonds is 5. The number of allylic oxidation sites excluding steroid dienone is 1. The number of urea groups is 1. The Kier molecular flexibility index (Phi) is 6.98. The van der Waals surface area contributed by atoms with Crippen LogP contribution in [0.15, 0.2) is 30.3 Å². The van der Waals surface area contributed by atoms with Crippen LogP contribution in [0.1, 0.15) is 45.1 Å². The Morgan fingerprint density at radius 3 is 2.56 bits per heavy atom. The van der Waals surface area contributed by atoms with Crippen molar-refractivity contribution in [2.45, 2.75) is 51.7 Å². The van der Waals surface area contributed by atoms with Crippen molar-refractivity contribution in [3.63, 3.8) is 0 Å². The van der Waals surface area contributed by atoms with E-state index in [1.807, 2.05) is 6.92 Å². The Morgan fingerprint density at radius 2 is 1.92 bits per heavy atom. The highest BCUT2D eigenvalue weighted by atomic mass is 19.1. The van der Waals surface area contributed by atoms with E-state index in [4.69, 9.17) is 4.74 Å². The van der Waals surface area contributed by atoms with E-state index in [1.165, 1.54) is 12.1 Å². The summed E-state index contributed by atoms with van der Waals surface area (Å²) < 4.78 is 19.2. The molecule has 1 aliphatic rings. The predicted octanol–water partition coefficient (Wildman–Crippen LogP) is 3.40. The summed E-state index contributed by atoms with van der Waals surface area (Å²) in [6.07, 6.45) is 4.11. The quantitative estimate of drug-likeness (QED) is 0.633. The summed E-state index contributed by atoms with van der Waals surface area (Å²) in [4.78, 5) is 23.6. The van der Waals surface area contributed by atoms with Crippen LogP contribution in [0.2, 0.25) is 0 Å². The van der Waals surface area contributed by atoms with Gasteiger partial charge in [-0.25, -0.2) is 14.0 Å². The van der Waals surface area contributed by atoms with Crippen LogP contribution in [0.3, 0.4) is 0 Å². The van der Waals surface area contributed by atoms with Gasteiger partial charge in [0, 0.05) is 24.2 Å². The first-order valence-corrected chi connectivity index (χ1v) is 8.67. The molecule has 6 heteroatoms. The average Bonchev–Trinajstić information content (AvgIpc) is 2.57. The minimum absolute atomic E-state index is 0.109. The SMILES string of the molecule is CCNC(=O)NC1CCC(OC(=O)/C=C(/C)c2ccccc2F)CC1. The monoisotopic (exact) mass is 348 g/mol. The van der Waals surface area contributed by atoms with Crippen LogP contribution in [0.4, 0.5) is 9.18 Å². The van der Waals surface area contributed by atoms with Gasteiger partial charge >= 0.3 is 12.0 Å². The third-order valence-corrected chi connectivity index (χ3v) is 4.26. The van der Waals surface area contributed by atoms with E-state index in [9.17, 15) is 14.0 Å². The zero-order chi connectivity index (χ0) is 18.2. The molecule has 0 radical (unpaired) electrons. The summed E-state index contributed by atoms with van der Waals surface area (Å²) in [5.74, 6) is -0.818. The molecule has 2 N–H and O–H groups in total. The number of hydrogen-bond donors (Lipinski definition) is 2. The fourth-order valence-electron chi connectivity index (χ4n) is 2.96. The van der Waals surface area contributed by atoms with Gasteiger partial charge in [0.25, 0.3) is 0 Å². The van der Waals surface area contributed by atoms with Gasteiger partial charge in [0.1, 0.15) is 11.9 Å². The molecule has 136 valence electrons. The van der Waals surface area contributed by atoms with Gasteiger partial charge in [-0.3, -0.25) is 0 Å². The molecule has 0 aromatic heterocycles. The highest BCUT2D eigenvalue weighted by Crippen LogP contribution is 2.22. The molecular formula is C19H25FN2O3. The van der Waals surface area contributed by atoms with E-state index < -0.39 is 5.97 Å². The molecule has 1 aliphatic carbocycles. The van der Waals surface area contributed by atoms with Gasteiger partial charge < -0.3 is 15.4 Å². The molecule has 1 aromatic carbocycles. The topological polar surface area (TPSA) is 67.4 Å². The van der Waals surface area contributed by atoms with Gasteiger partial charge in [-0.2, -0.15) is 0 Å². The number of hydrogen-bond acceptors (Lipinski definition) is 3. The molecular weight excluding hydrogens is 323 g/mol. The van der Waals surface area contributed by atoms with Crippen LogP contribution >= 0.6 is 0 Å². The van der Waals surface area contributed by atoms with Gasteiger partial charge in [0.2, 0.25) is 0 Å². The molecule has 2 amide bonds. The van der Waals surface area contributed by atoms with Crippen molar-refractivity contribution in [1.82, 2.24) is 10.6 Å². The van der Waals surface area contributed by atoms with Crippen LogP contribution in [-0.2, 0) is 9.53 Å². The van der Waals surface area contributed by atoms with Crippen molar-refractivity contribution < 1.29 is 18.7 Å². The lowest BCUT2D eigenvalue weighted by atomic mass is 9.93. The van der Waals surface area contributed by atoms with E-state index in [2.05, 4.69) is 10.6 Å². The van der Waals surface area contributed by atoms with E-state index in [1.54, 1.807) is 25.1 Å². The molecule has 0 aliphatic heterocycles. The summed E-state index contributed by atoms with van der Waals surface area (Å²) in [7, 11) is 0. The molecule has 0 bridgehead atoms. The largest absolute Gasteiger partial charge is 0.459 e. The van der Waals surface area contributed by atoms with Gasteiger partial charge in [-0.15, -0.1) is 0 Å². The van der Waals surface area contributed by atoms with Crippen molar-refractivity contribution in [2.75, 3.05) is 6.54 Å². The summed E-state index contributed by atoms with van der Waals surface area (Å²) in [5.41, 5.74) is 0.934. The number of carbonyl (C=O) groups is 2. The summed E-state index contributed by atoms with van der Waals surface area (Å²) in [6.45, 7) is 4.14. The van der Waals surface area contributed by atoms with Crippen LogP contribution < -0.4 is 10.6 Å². The Bertz CT molecular complexity index is 637. The third kappa shape index (κ3) is 5.89. The molecule has 0 saturated heterocycles. The maximum atomic E-state index is 13.7. The van der Waals surface area contributed by atoms with Gasteiger partial charge in [0.05, 0.1) is 0 Å². The van der Waals surface area contributed by atoms with Crippen molar-refractivity contribution in [2.24, 2.45) is 0 Å². The Balaban J connectivity index is 1.81. The van der Waals surface area contributed by atoms with Gasteiger partial charge in [-0.05, 0) is 51.2 Å². The number of nitrogens with one attached hydrogen (secondary N) is 2. The van der Waals surface area contributed by atoms with Gasteiger partial charge in [-0.1, -0.05) is 18.2 Å². The average molecular weight is 348 g/mol. The lowest BCUT2D eigenvalue weighted by Crippen LogP contribution is -2.44. The molecule has 5 nitrogen and oxygen atoms in total. The first-order chi connectivity index (χ1) is 12.0. The number of esters is 1. The van der Waals surface area contributed by atoms with Crippen molar-refractivity contribution in [3.05, 3.63) is 41.7 Å². The number of amides is 2. The third-order valence-electron chi connectivity index (χ3n) is 4.26. The standard InChI is InChI=1S/C19H25FN2O3/c1-3-21-19(24)22-14-8-10-15(11-9-14)25-18(23)12-13(2)16-6-4-5-7-17(16)20/h4-7,12,14-15H,3,8-11H2,1-2H3,(H2,21,22,24)/b13-12-. The van der Waals surface area contributed by atoms with E-state index in [0.29, 0.717) is 30.5 Å². The number of carbonyl (C=O) groups excluding carboxylic acids is 2. The minimum Gasteiger partial charge on any atom is -0.459 e. The lowest BCUT2D eigenvalue weighted by Gasteiger charge is -2.28. The summed E-state index contributed by atoms with van der Waals surface area (Å²) >= 11 is 0. The molecule has 1 aromatic rings. The van der Waals surface area contributed by atoms with Crippen LogP contribution in [-0.4, -0.2) is 30.7 Å². The molecule has 2 rings (SSSR count). The molecule has 1 fully saturated rings. The summed E-state index contributed by atoms with van der Waals surface area (Å²) in [5, 5.41) is 5.61. The highest BCUT2D eigenvalue weighted by molar-refractivity contribution is 5.91. The second kappa shape index (κ2) is 9.20. The fraction of sp³-hybridized carbons (Fsp3) is 0.474.